The van der Waals surface area contributed by atoms with Gasteiger partial charge in [0.05, 0.1) is 5.71 Å². The number of hydrogen-bond donors (Lipinski definition) is 3. The zero-order valence-electron chi connectivity index (χ0n) is 17.4. The number of rotatable bonds is 2. The van der Waals surface area contributed by atoms with Gasteiger partial charge in [-0.15, -0.1) is 12.4 Å². The molecule has 2 aromatic rings. The van der Waals surface area contributed by atoms with Gasteiger partial charge in [-0.2, -0.15) is 0 Å². The van der Waals surface area contributed by atoms with Crippen LogP contribution in [-0.4, -0.2) is 5.71 Å². The molecule has 1 aliphatic carbocycles. The SMILES string of the molecule is CC1=CC(=C(c2ccc(N)cc2)c2ccc(N)cc2)C=CC1=N.Cl.[H-].[H-].[Na+].[Na+]. The van der Waals surface area contributed by atoms with Crippen molar-refractivity contribution >= 4 is 35.1 Å². The summed E-state index contributed by atoms with van der Waals surface area (Å²) in [6, 6.07) is 15.7. The van der Waals surface area contributed by atoms with Gasteiger partial charge in [0.15, 0.2) is 0 Å². The Bertz CT molecular complexity index is 815. The summed E-state index contributed by atoms with van der Waals surface area (Å²) in [5.41, 5.74) is 19.0. The van der Waals surface area contributed by atoms with E-state index in [1.807, 2.05) is 73.7 Å². The van der Waals surface area contributed by atoms with Crippen molar-refractivity contribution in [2.24, 2.45) is 0 Å². The fraction of sp³-hybridized carbons (Fsp3) is 0.0500. The van der Waals surface area contributed by atoms with E-state index < -0.39 is 0 Å². The number of allylic oxidation sites excluding steroid dienone is 5. The van der Waals surface area contributed by atoms with Gasteiger partial charge in [0.2, 0.25) is 0 Å². The first-order valence-electron chi connectivity index (χ1n) is 7.46. The molecule has 26 heavy (non-hydrogen) atoms. The summed E-state index contributed by atoms with van der Waals surface area (Å²) in [5, 5.41) is 7.88. The Balaban J connectivity index is -0.00000125. The first-order valence-corrected chi connectivity index (χ1v) is 7.46. The van der Waals surface area contributed by atoms with Crippen molar-refractivity contribution in [2.45, 2.75) is 6.92 Å². The zero-order valence-corrected chi connectivity index (χ0v) is 20.2. The van der Waals surface area contributed by atoms with E-state index in [1.165, 1.54) is 0 Å². The number of nitrogens with two attached hydrogens (primary N) is 2. The molecular weight excluding hydrogens is 364 g/mol. The first-order chi connectivity index (χ1) is 11.0. The molecule has 0 spiro atoms. The minimum atomic E-state index is 0. The van der Waals surface area contributed by atoms with E-state index in [-0.39, 0.29) is 74.4 Å². The average molecular weight is 386 g/mol. The van der Waals surface area contributed by atoms with Crippen LogP contribution in [0.2, 0.25) is 0 Å². The van der Waals surface area contributed by atoms with Gasteiger partial charge >= 0.3 is 59.1 Å². The van der Waals surface area contributed by atoms with E-state index >= 15 is 0 Å². The van der Waals surface area contributed by atoms with Crippen LogP contribution in [0.25, 0.3) is 5.57 Å². The third-order valence-electron chi connectivity index (χ3n) is 3.91. The van der Waals surface area contributed by atoms with Crippen LogP contribution in [0.15, 0.2) is 77.9 Å². The van der Waals surface area contributed by atoms with Crippen LogP contribution in [0.4, 0.5) is 11.4 Å². The Morgan fingerprint density at radius 2 is 1.23 bits per heavy atom. The molecule has 3 rings (SSSR count). The van der Waals surface area contributed by atoms with Crippen molar-refractivity contribution in [3.8, 4) is 0 Å². The monoisotopic (exact) mass is 385 g/mol. The summed E-state index contributed by atoms with van der Waals surface area (Å²) in [6.07, 6.45) is 5.86. The molecule has 0 fully saturated rings. The number of nitrogens with one attached hydrogen (secondary N) is 1. The maximum atomic E-state index is 7.88. The van der Waals surface area contributed by atoms with E-state index in [2.05, 4.69) is 0 Å². The van der Waals surface area contributed by atoms with Gasteiger partial charge in [-0.25, -0.2) is 0 Å². The minimum absolute atomic E-state index is 0. The predicted octanol–water partition coefficient (Wildman–Crippen LogP) is -1.16. The summed E-state index contributed by atoms with van der Waals surface area (Å²) in [6.45, 7) is 1.95. The van der Waals surface area contributed by atoms with Crippen LogP contribution in [-0.2, 0) is 0 Å². The van der Waals surface area contributed by atoms with E-state index in [0.717, 1.165) is 39.2 Å². The molecule has 126 valence electrons. The Labute approximate surface area is 208 Å². The predicted molar refractivity (Wildman–Crippen MR) is 108 cm³/mol. The molecule has 0 radical (unpaired) electrons. The second kappa shape index (κ2) is 11.2. The van der Waals surface area contributed by atoms with E-state index in [9.17, 15) is 0 Å². The van der Waals surface area contributed by atoms with Crippen LogP contribution >= 0.6 is 12.4 Å². The molecule has 6 heteroatoms. The number of benzene rings is 2. The van der Waals surface area contributed by atoms with E-state index in [4.69, 9.17) is 16.9 Å². The number of nitrogen functional groups attached to an aromatic ring is 2. The maximum absolute atomic E-state index is 7.88. The molecule has 0 saturated heterocycles. The van der Waals surface area contributed by atoms with E-state index in [1.54, 1.807) is 0 Å². The van der Waals surface area contributed by atoms with Crippen LogP contribution in [0.5, 0.6) is 0 Å². The fourth-order valence-corrected chi connectivity index (χ4v) is 2.62. The normalized spacial score (nSPS) is 12.3. The van der Waals surface area contributed by atoms with Gasteiger partial charge in [0.25, 0.3) is 0 Å². The Kier molecular flexibility index (Phi) is 10.8. The van der Waals surface area contributed by atoms with Crippen molar-refractivity contribution in [2.75, 3.05) is 11.5 Å². The van der Waals surface area contributed by atoms with Crippen molar-refractivity contribution in [3.63, 3.8) is 0 Å². The van der Waals surface area contributed by atoms with Crippen LogP contribution in [0.3, 0.4) is 0 Å². The van der Waals surface area contributed by atoms with Gasteiger partial charge in [0, 0.05) is 11.4 Å². The second-order valence-corrected chi connectivity index (χ2v) is 5.65. The van der Waals surface area contributed by atoms with Crippen molar-refractivity contribution in [1.29, 1.82) is 5.41 Å². The molecule has 2 aromatic carbocycles. The number of anilines is 2. The average Bonchev–Trinajstić information content (AvgIpc) is 2.55. The Morgan fingerprint density at radius 1 is 0.808 bits per heavy atom. The van der Waals surface area contributed by atoms with Crippen molar-refractivity contribution in [1.82, 2.24) is 0 Å². The summed E-state index contributed by atoms with van der Waals surface area (Å²) >= 11 is 0. The molecule has 0 aromatic heterocycles. The standard InChI is InChI=1S/C20H19N3.ClH.2Na.2H/c1-13-12-16(6-11-19(13)23)20(14-2-7-17(21)8-3-14)15-4-9-18(22)10-5-15;;;;;/h2-12,23H,21-22H2,1H3;1H;;;;/q;;2*+1;2*-1. The Morgan fingerprint density at radius 3 is 1.62 bits per heavy atom. The number of hydrogen-bond acceptors (Lipinski definition) is 3. The maximum Gasteiger partial charge on any atom is 1.00 e. The number of halogens is 1. The molecular formula is C20H22ClN3Na2. The minimum Gasteiger partial charge on any atom is -1.00 e. The van der Waals surface area contributed by atoms with Gasteiger partial charge in [-0.1, -0.05) is 30.3 Å². The molecule has 1 aliphatic rings. The molecule has 0 atom stereocenters. The van der Waals surface area contributed by atoms with Crippen molar-refractivity contribution < 1.29 is 62.0 Å². The molecule has 3 nitrogen and oxygen atoms in total. The Hall–Kier alpha value is -0.780. The van der Waals surface area contributed by atoms with Crippen LogP contribution < -0.4 is 70.6 Å². The van der Waals surface area contributed by atoms with Crippen molar-refractivity contribution in [3.05, 3.63) is 89.0 Å². The summed E-state index contributed by atoms with van der Waals surface area (Å²) < 4.78 is 0. The molecule has 0 heterocycles. The molecule has 0 unspecified atom stereocenters. The second-order valence-electron chi connectivity index (χ2n) is 5.65. The summed E-state index contributed by atoms with van der Waals surface area (Å²) in [7, 11) is 0. The zero-order chi connectivity index (χ0) is 16.4. The van der Waals surface area contributed by atoms with Crippen LogP contribution in [0, 0.1) is 5.41 Å². The third kappa shape index (κ3) is 5.86. The largest absolute Gasteiger partial charge is 1.00 e. The fourth-order valence-electron chi connectivity index (χ4n) is 2.62. The summed E-state index contributed by atoms with van der Waals surface area (Å²) in [5.74, 6) is 0. The van der Waals surface area contributed by atoms with Crippen LogP contribution in [0.1, 0.15) is 20.9 Å². The first kappa shape index (κ1) is 25.2. The topological polar surface area (TPSA) is 75.9 Å². The molecule has 0 amide bonds. The summed E-state index contributed by atoms with van der Waals surface area (Å²) in [4.78, 5) is 0. The quantitative estimate of drug-likeness (QED) is 0.451. The molecule has 5 N–H and O–H groups in total. The van der Waals surface area contributed by atoms with Gasteiger partial charge < -0.3 is 19.7 Å². The van der Waals surface area contributed by atoms with E-state index in [0.29, 0.717) is 5.71 Å². The molecule has 0 saturated carbocycles. The smallest absolute Gasteiger partial charge is 1.00 e. The molecule has 0 aliphatic heterocycles. The molecule has 0 bridgehead atoms. The third-order valence-corrected chi connectivity index (χ3v) is 3.91. The van der Waals surface area contributed by atoms with Gasteiger partial charge in [-0.3, -0.25) is 0 Å². The van der Waals surface area contributed by atoms with Gasteiger partial charge in [-0.05, 0) is 71.2 Å². The van der Waals surface area contributed by atoms with Gasteiger partial charge in [0.1, 0.15) is 0 Å².